The van der Waals surface area contributed by atoms with Gasteiger partial charge in [-0.2, -0.15) is 0 Å². The highest BCUT2D eigenvalue weighted by Crippen LogP contribution is 2.15. The summed E-state index contributed by atoms with van der Waals surface area (Å²) in [5.41, 5.74) is 0. The van der Waals surface area contributed by atoms with E-state index in [0.717, 1.165) is 89.9 Å². The Morgan fingerprint density at radius 1 is 0.312 bits per heavy atom. The van der Waals surface area contributed by atoms with E-state index in [9.17, 15) is 14.4 Å². The van der Waals surface area contributed by atoms with E-state index in [0.29, 0.717) is 19.3 Å². The zero-order chi connectivity index (χ0) is 46.5. The Balaban J connectivity index is 4.48. The van der Waals surface area contributed by atoms with E-state index < -0.39 is 6.10 Å². The van der Waals surface area contributed by atoms with E-state index >= 15 is 0 Å². The van der Waals surface area contributed by atoms with E-state index in [1.807, 2.05) is 0 Å². The summed E-state index contributed by atoms with van der Waals surface area (Å²) in [5, 5.41) is 0. The van der Waals surface area contributed by atoms with Gasteiger partial charge in [0.05, 0.1) is 0 Å². The molecule has 0 amide bonds. The molecule has 0 aromatic rings. The fourth-order valence-electron chi connectivity index (χ4n) is 7.35. The van der Waals surface area contributed by atoms with Crippen molar-refractivity contribution in [2.75, 3.05) is 13.2 Å². The first-order valence-electron chi connectivity index (χ1n) is 26.9. The van der Waals surface area contributed by atoms with E-state index in [4.69, 9.17) is 14.2 Å². The zero-order valence-corrected chi connectivity index (χ0v) is 42.0. The smallest absolute Gasteiger partial charge is 0.306 e. The normalized spacial score (nSPS) is 12.6. The summed E-state index contributed by atoms with van der Waals surface area (Å²) in [7, 11) is 0. The van der Waals surface area contributed by atoms with Crippen LogP contribution in [0, 0.1) is 0 Å². The quantitative estimate of drug-likeness (QED) is 0.0262. The Kier molecular flexibility index (Phi) is 49.9. The molecule has 0 N–H and O–H groups in total. The summed E-state index contributed by atoms with van der Waals surface area (Å²) in [6.45, 7) is 6.53. The second-order valence-corrected chi connectivity index (χ2v) is 17.8. The Bertz CT molecular complexity index is 1210. The van der Waals surface area contributed by atoms with Gasteiger partial charge in [0.2, 0.25) is 0 Å². The van der Waals surface area contributed by atoms with Crippen molar-refractivity contribution in [3.05, 3.63) is 72.9 Å². The Morgan fingerprint density at radius 3 is 0.969 bits per heavy atom. The van der Waals surface area contributed by atoms with Gasteiger partial charge in [-0.3, -0.25) is 14.4 Å². The van der Waals surface area contributed by atoms with Crippen molar-refractivity contribution in [3.8, 4) is 0 Å². The van der Waals surface area contributed by atoms with Crippen LogP contribution >= 0.6 is 0 Å². The van der Waals surface area contributed by atoms with Crippen LogP contribution in [0.4, 0.5) is 0 Å². The number of carbonyl (C=O) groups is 3. The molecular formula is C58H100O6. The van der Waals surface area contributed by atoms with Crippen LogP contribution in [0.3, 0.4) is 0 Å². The molecular weight excluding hydrogens is 793 g/mol. The Hall–Kier alpha value is -3.15. The van der Waals surface area contributed by atoms with Crippen molar-refractivity contribution < 1.29 is 28.6 Å². The van der Waals surface area contributed by atoms with Crippen molar-refractivity contribution in [2.45, 2.75) is 264 Å². The van der Waals surface area contributed by atoms with Crippen LogP contribution in [0.15, 0.2) is 72.9 Å². The third-order valence-corrected chi connectivity index (χ3v) is 11.4. The van der Waals surface area contributed by atoms with Crippen LogP contribution in [-0.2, 0) is 28.6 Å². The lowest BCUT2D eigenvalue weighted by atomic mass is 10.0. The van der Waals surface area contributed by atoms with Gasteiger partial charge in [0, 0.05) is 19.3 Å². The predicted octanol–water partition coefficient (Wildman–Crippen LogP) is 17.8. The summed E-state index contributed by atoms with van der Waals surface area (Å²) >= 11 is 0. The molecule has 64 heavy (non-hydrogen) atoms. The van der Waals surface area contributed by atoms with Gasteiger partial charge in [0.15, 0.2) is 6.10 Å². The SMILES string of the molecule is CCCCC/C=C\C/C=C\C/C=C\C/C=C\CCCC(=O)OC[C@@H](COC(=O)CCCCCCCCCCCCCCCC)OC(=O)CCCCCCC/C=C\C/C=C\CCCCC. The minimum Gasteiger partial charge on any atom is -0.462 e. The molecule has 0 aliphatic carbocycles. The lowest BCUT2D eigenvalue weighted by Crippen LogP contribution is -2.30. The van der Waals surface area contributed by atoms with Crippen molar-refractivity contribution in [1.82, 2.24) is 0 Å². The van der Waals surface area contributed by atoms with Crippen LogP contribution in [0.2, 0.25) is 0 Å². The first-order valence-corrected chi connectivity index (χ1v) is 26.9. The van der Waals surface area contributed by atoms with Gasteiger partial charge in [0.1, 0.15) is 13.2 Å². The van der Waals surface area contributed by atoms with Crippen LogP contribution in [0.1, 0.15) is 258 Å². The highest BCUT2D eigenvalue weighted by Gasteiger charge is 2.19. The molecule has 0 unspecified atom stereocenters. The summed E-state index contributed by atoms with van der Waals surface area (Å²) in [6.07, 6.45) is 66.0. The lowest BCUT2D eigenvalue weighted by molar-refractivity contribution is -0.167. The molecule has 0 bridgehead atoms. The summed E-state index contributed by atoms with van der Waals surface area (Å²) in [5.74, 6) is -0.964. The predicted molar refractivity (Wildman–Crippen MR) is 274 cm³/mol. The minimum atomic E-state index is -0.803. The van der Waals surface area contributed by atoms with E-state index in [-0.39, 0.29) is 37.5 Å². The molecule has 0 radical (unpaired) electrons. The van der Waals surface area contributed by atoms with Crippen LogP contribution in [0.5, 0.6) is 0 Å². The molecule has 0 fully saturated rings. The van der Waals surface area contributed by atoms with Crippen molar-refractivity contribution in [3.63, 3.8) is 0 Å². The van der Waals surface area contributed by atoms with Gasteiger partial charge >= 0.3 is 17.9 Å². The third kappa shape index (κ3) is 49.9. The van der Waals surface area contributed by atoms with Crippen LogP contribution in [0.25, 0.3) is 0 Å². The number of unbranched alkanes of at least 4 members (excludes halogenated alkanes) is 25. The van der Waals surface area contributed by atoms with Crippen molar-refractivity contribution >= 4 is 17.9 Å². The molecule has 0 aliphatic heterocycles. The van der Waals surface area contributed by atoms with Crippen molar-refractivity contribution in [2.24, 2.45) is 0 Å². The molecule has 0 saturated heterocycles. The summed E-state index contributed by atoms with van der Waals surface area (Å²) in [4.78, 5) is 38.0. The number of rotatable bonds is 48. The highest BCUT2D eigenvalue weighted by molar-refractivity contribution is 5.71. The summed E-state index contributed by atoms with van der Waals surface area (Å²) < 4.78 is 16.8. The topological polar surface area (TPSA) is 78.9 Å². The van der Waals surface area contributed by atoms with Gasteiger partial charge in [-0.1, -0.05) is 222 Å². The molecule has 0 aromatic heterocycles. The average Bonchev–Trinajstić information content (AvgIpc) is 3.29. The third-order valence-electron chi connectivity index (χ3n) is 11.4. The van der Waals surface area contributed by atoms with E-state index in [2.05, 4.69) is 93.7 Å². The monoisotopic (exact) mass is 893 g/mol. The number of esters is 3. The molecule has 1 atom stereocenters. The molecule has 368 valence electrons. The fourth-order valence-corrected chi connectivity index (χ4v) is 7.35. The number of ether oxygens (including phenoxy) is 3. The molecule has 0 saturated carbocycles. The maximum Gasteiger partial charge on any atom is 0.306 e. The first-order chi connectivity index (χ1) is 31.5. The van der Waals surface area contributed by atoms with Crippen LogP contribution < -0.4 is 0 Å². The number of hydrogen-bond donors (Lipinski definition) is 0. The number of allylic oxidation sites excluding steroid dienone is 12. The van der Waals surface area contributed by atoms with E-state index in [1.54, 1.807) is 0 Å². The standard InChI is InChI=1S/C58H100O6/c1-4-7-10-13-16-19-22-25-28-29-31-33-36-39-42-45-48-51-57(60)63-54-55(53-62-56(59)50-47-44-41-38-35-32-27-24-21-18-15-12-9-6-3)64-58(61)52-49-46-43-40-37-34-30-26-23-20-17-14-11-8-5-2/h16-17,19-20,25-26,28,30-31,33,39,42,55H,4-15,18,21-24,27,29,32,34-38,40-41,43-54H2,1-3H3/b19-16-,20-17-,28-25-,30-26-,33-31-,42-39-/t55-/m1/s1. The molecule has 6 nitrogen and oxygen atoms in total. The Labute approximate surface area is 395 Å². The average molecular weight is 893 g/mol. The van der Waals surface area contributed by atoms with Gasteiger partial charge < -0.3 is 14.2 Å². The van der Waals surface area contributed by atoms with Gasteiger partial charge in [0.25, 0.3) is 0 Å². The second-order valence-electron chi connectivity index (χ2n) is 17.8. The molecule has 0 aliphatic rings. The molecule has 0 spiro atoms. The van der Waals surface area contributed by atoms with Gasteiger partial charge in [-0.25, -0.2) is 0 Å². The second kappa shape index (κ2) is 52.5. The maximum absolute atomic E-state index is 12.8. The largest absolute Gasteiger partial charge is 0.462 e. The van der Waals surface area contributed by atoms with Crippen molar-refractivity contribution in [1.29, 1.82) is 0 Å². The maximum atomic E-state index is 12.8. The molecule has 0 heterocycles. The first kappa shape index (κ1) is 60.9. The fraction of sp³-hybridized carbons (Fsp3) is 0.741. The highest BCUT2D eigenvalue weighted by atomic mass is 16.6. The zero-order valence-electron chi connectivity index (χ0n) is 42.0. The lowest BCUT2D eigenvalue weighted by Gasteiger charge is -2.18. The van der Waals surface area contributed by atoms with E-state index in [1.165, 1.54) is 122 Å². The molecule has 6 heteroatoms. The minimum absolute atomic E-state index is 0.0964. The van der Waals surface area contributed by atoms with Gasteiger partial charge in [-0.15, -0.1) is 0 Å². The molecule has 0 aromatic carbocycles. The number of hydrogen-bond acceptors (Lipinski definition) is 6. The number of carbonyl (C=O) groups excluding carboxylic acids is 3. The van der Waals surface area contributed by atoms with Crippen LogP contribution in [-0.4, -0.2) is 37.2 Å². The van der Waals surface area contributed by atoms with Gasteiger partial charge in [-0.05, 0) is 89.9 Å². The summed E-state index contributed by atoms with van der Waals surface area (Å²) in [6, 6.07) is 0. The molecule has 0 rings (SSSR count). The Morgan fingerprint density at radius 2 is 0.578 bits per heavy atom.